The maximum absolute atomic E-state index is 12.4. The van der Waals surface area contributed by atoms with Crippen molar-refractivity contribution >= 4 is 5.91 Å². The predicted octanol–water partition coefficient (Wildman–Crippen LogP) is 2.54. The third kappa shape index (κ3) is 3.85. The van der Waals surface area contributed by atoms with Crippen LogP contribution in [-0.4, -0.2) is 36.5 Å². The Morgan fingerprint density at radius 3 is 2.48 bits per heavy atom. The molecule has 2 aliphatic rings. The molecule has 1 saturated heterocycles. The van der Waals surface area contributed by atoms with E-state index in [9.17, 15) is 4.79 Å². The molecule has 2 aliphatic heterocycles. The molecule has 1 fully saturated rings. The lowest BCUT2D eigenvalue weighted by Gasteiger charge is -2.25. The first-order valence-corrected chi connectivity index (χ1v) is 8.41. The van der Waals surface area contributed by atoms with Crippen LogP contribution in [0, 0.1) is 0 Å². The standard InChI is InChI=1S/C18H26N2O/c21-18(9-8-17-7-3-4-12-19-17)20-13-10-15-5-1-2-6-16(15)11-14-20/h1-2,5-6,17,19H,3-4,7-14H2. The second-order valence-corrected chi connectivity index (χ2v) is 6.34. The smallest absolute Gasteiger partial charge is 0.222 e. The summed E-state index contributed by atoms with van der Waals surface area (Å²) in [7, 11) is 0. The molecule has 0 saturated carbocycles. The fraction of sp³-hybridized carbons (Fsp3) is 0.611. The topological polar surface area (TPSA) is 32.3 Å². The van der Waals surface area contributed by atoms with Crippen LogP contribution in [0.2, 0.25) is 0 Å². The average molecular weight is 286 g/mol. The zero-order valence-corrected chi connectivity index (χ0v) is 12.8. The van der Waals surface area contributed by atoms with Crippen LogP contribution in [-0.2, 0) is 17.6 Å². The summed E-state index contributed by atoms with van der Waals surface area (Å²) in [5, 5.41) is 3.53. The van der Waals surface area contributed by atoms with Crippen molar-refractivity contribution in [3.63, 3.8) is 0 Å². The van der Waals surface area contributed by atoms with Gasteiger partial charge in [0.15, 0.2) is 0 Å². The van der Waals surface area contributed by atoms with E-state index < -0.39 is 0 Å². The van der Waals surface area contributed by atoms with Gasteiger partial charge in [0.05, 0.1) is 0 Å². The molecule has 3 rings (SSSR count). The number of amides is 1. The summed E-state index contributed by atoms with van der Waals surface area (Å²) < 4.78 is 0. The molecule has 114 valence electrons. The summed E-state index contributed by atoms with van der Waals surface area (Å²) in [6.07, 6.45) is 7.54. The van der Waals surface area contributed by atoms with Gasteiger partial charge in [-0.05, 0) is 49.8 Å². The maximum atomic E-state index is 12.4. The molecule has 0 aromatic heterocycles. The Labute approximate surface area is 127 Å². The molecule has 3 heteroatoms. The number of benzene rings is 1. The maximum Gasteiger partial charge on any atom is 0.222 e. The molecule has 21 heavy (non-hydrogen) atoms. The van der Waals surface area contributed by atoms with E-state index >= 15 is 0 Å². The molecular weight excluding hydrogens is 260 g/mol. The first kappa shape index (κ1) is 14.6. The molecular formula is C18H26N2O. The van der Waals surface area contributed by atoms with Gasteiger partial charge in [-0.25, -0.2) is 0 Å². The molecule has 0 bridgehead atoms. The minimum absolute atomic E-state index is 0.343. The lowest BCUT2D eigenvalue weighted by atomic mass is 10.0. The van der Waals surface area contributed by atoms with E-state index in [0.29, 0.717) is 18.4 Å². The van der Waals surface area contributed by atoms with Gasteiger partial charge in [0.1, 0.15) is 0 Å². The van der Waals surface area contributed by atoms with Crippen LogP contribution >= 0.6 is 0 Å². The number of nitrogens with one attached hydrogen (secondary N) is 1. The Bertz CT molecular complexity index is 453. The quantitative estimate of drug-likeness (QED) is 0.926. The van der Waals surface area contributed by atoms with Crippen molar-refractivity contribution in [2.24, 2.45) is 0 Å². The first-order valence-electron chi connectivity index (χ1n) is 8.41. The van der Waals surface area contributed by atoms with E-state index in [1.165, 1.54) is 30.4 Å². The van der Waals surface area contributed by atoms with Crippen LogP contribution in [0.3, 0.4) is 0 Å². The van der Waals surface area contributed by atoms with Crippen molar-refractivity contribution in [2.45, 2.75) is 51.0 Å². The van der Waals surface area contributed by atoms with Crippen LogP contribution in [0.1, 0.15) is 43.2 Å². The molecule has 1 aromatic rings. The molecule has 0 radical (unpaired) electrons. The van der Waals surface area contributed by atoms with E-state index in [1.807, 2.05) is 0 Å². The number of piperidine rings is 1. The van der Waals surface area contributed by atoms with E-state index in [4.69, 9.17) is 0 Å². The lowest BCUT2D eigenvalue weighted by molar-refractivity contribution is -0.131. The van der Waals surface area contributed by atoms with Crippen LogP contribution in [0.15, 0.2) is 24.3 Å². The van der Waals surface area contributed by atoms with Crippen LogP contribution in [0.25, 0.3) is 0 Å². The minimum Gasteiger partial charge on any atom is -0.342 e. The molecule has 0 aliphatic carbocycles. The summed E-state index contributed by atoms with van der Waals surface area (Å²) >= 11 is 0. The van der Waals surface area contributed by atoms with E-state index in [0.717, 1.165) is 38.9 Å². The van der Waals surface area contributed by atoms with Gasteiger partial charge >= 0.3 is 0 Å². The van der Waals surface area contributed by atoms with Gasteiger partial charge < -0.3 is 10.2 Å². The van der Waals surface area contributed by atoms with Gasteiger partial charge in [0.2, 0.25) is 5.91 Å². The summed E-state index contributed by atoms with van der Waals surface area (Å²) in [5.74, 6) is 0.343. The van der Waals surface area contributed by atoms with Gasteiger partial charge in [0.25, 0.3) is 0 Å². The number of nitrogens with zero attached hydrogens (tertiary/aromatic N) is 1. The third-order valence-electron chi connectivity index (χ3n) is 4.89. The average Bonchev–Trinajstić information content (AvgIpc) is 2.76. The van der Waals surface area contributed by atoms with E-state index in [1.54, 1.807) is 0 Å². The normalized spacial score (nSPS) is 22.5. The number of carbonyl (C=O) groups excluding carboxylic acids is 1. The number of hydrogen-bond donors (Lipinski definition) is 1. The number of rotatable bonds is 3. The highest BCUT2D eigenvalue weighted by molar-refractivity contribution is 5.76. The molecule has 2 heterocycles. The van der Waals surface area contributed by atoms with Crippen molar-refractivity contribution in [1.82, 2.24) is 10.2 Å². The van der Waals surface area contributed by atoms with Gasteiger partial charge in [-0.2, -0.15) is 0 Å². The highest BCUT2D eigenvalue weighted by atomic mass is 16.2. The van der Waals surface area contributed by atoms with Crippen molar-refractivity contribution in [2.75, 3.05) is 19.6 Å². The summed E-state index contributed by atoms with van der Waals surface area (Å²) in [6, 6.07) is 9.17. The van der Waals surface area contributed by atoms with Crippen LogP contribution < -0.4 is 5.32 Å². The molecule has 1 N–H and O–H groups in total. The Hall–Kier alpha value is -1.35. The SMILES string of the molecule is O=C(CCC1CCCCN1)N1CCc2ccccc2CC1. The summed E-state index contributed by atoms with van der Waals surface area (Å²) in [5.41, 5.74) is 2.84. The van der Waals surface area contributed by atoms with E-state index in [-0.39, 0.29) is 0 Å². The molecule has 3 nitrogen and oxygen atoms in total. The zero-order chi connectivity index (χ0) is 14.5. The van der Waals surface area contributed by atoms with Crippen molar-refractivity contribution in [1.29, 1.82) is 0 Å². The number of hydrogen-bond acceptors (Lipinski definition) is 2. The van der Waals surface area contributed by atoms with Crippen molar-refractivity contribution in [3.05, 3.63) is 35.4 Å². The van der Waals surface area contributed by atoms with Crippen molar-refractivity contribution in [3.8, 4) is 0 Å². The molecule has 1 atom stereocenters. The molecule has 1 aromatic carbocycles. The van der Waals surface area contributed by atoms with Gasteiger partial charge in [-0.1, -0.05) is 30.7 Å². The second-order valence-electron chi connectivity index (χ2n) is 6.34. The number of fused-ring (bicyclic) bond motifs is 1. The van der Waals surface area contributed by atoms with Crippen molar-refractivity contribution < 1.29 is 4.79 Å². The highest BCUT2D eigenvalue weighted by Crippen LogP contribution is 2.17. The fourth-order valence-electron chi connectivity index (χ4n) is 3.54. The van der Waals surface area contributed by atoms with Crippen LogP contribution in [0.4, 0.5) is 0 Å². The summed E-state index contributed by atoms with van der Waals surface area (Å²) in [6.45, 7) is 2.89. The number of carbonyl (C=O) groups is 1. The Morgan fingerprint density at radius 1 is 1.14 bits per heavy atom. The molecule has 0 spiro atoms. The van der Waals surface area contributed by atoms with Crippen LogP contribution in [0.5, 0.6) is 0 Å². The highest BCUT2D eigenvalue weighted by Gasteiger charge is 2.20. The zero-order valence-electron chi connectivity index (χ0n) is 12.8. The fourth-order valence-corrected chi connectivity index (χ4v) is 3.54. The van der Waals surface area contributed by atoms with E-state index in [2.05, 4.69) is 34.5 Å². The predicted molar refractivity (Wildman–Crippen MR) is 85.3 cm³/mol. The monoisotopic (exact) mass is 286 g/mol. The lowest BCUT2D eigenvalue weighted by Crippen LogP contribution is -2.37. The minimum atomic E-state index is 0.343. The second kappa shape index (κ2) is 7.08. The van der Waals surface area contributed by atoms with Gasteiger partial charge in [-0.3, -0.25) is 4.79 Å². The van der Waals surface area contributed by atoms with Gasteiger partial charge in [-0.15, -0.1) is 0 Å². The Morgan fingerprint density at radius 2 is 1.86 bits per heavy atom. The Balaban J connectivity index is 1.49. The third-order valence-corrected chi connectivity index (χ3v) is 4.89. The largest absolute Gasteiger partial charge is 0.342 e. The molecule has 1 unspecified atom stereocenters. The Kier molecular flexibility index (Phi) is 4.91. The molecule has 1 amide bonds. The first-order chi connectivity index (χ1) is 10.3. The summed E-state index contributed by atoms with van der Waals surface area (Å²) in [4.78, 5) is 14.5. The van der Waals surface area contributed by atoms with Gasteiger partial charge in [0, 0.05) is 25.6 Å².